The average molecular weight is 471 g/mol. The monoisotopic (exact) mass is 470 g/mol. The van der Waals surface area contributed by atoms with E-state index in [2.05, 4.69) is 11.9 Å². The summed E-state index contributed by atoms with van der Waals surface area (Å²) in [4.78, 5) is 27.4. The molecule has 2 aromatic rings. The maximum atomic E-state index is 13.0. The predicted octanol–water partition coefficient (Wildman–Crippen LogP) is 3.00. The zero-order valence-corrected chi connectivity index (χ0v) is 19.8. The van der Waals surface area contributed by atoms with E-state index in [1.165, 1.54) is 5.56 Å². The van der Waals surface area contributed by atoms with Gasteiger partial charge in [-0.05, 0) is 17.5 Å². The fourth-order valence-electron chi connectivity index (χ4n) is 3.39. The van der Waals surface area contributed by atoms with Crippen LogP contribution in [-0.2, 0) is 21.9 Å². The minimum atomic E-state index is -0.583. The van der Waals surface area contributed by atoms with Crippen LogP contribution in [0.3, 0.4) is 0 Å². The SMILES string of the molecule is C=CC[C@H](CC(=O)N(CCO)Cc1ccccc1)C(=O)N[C@H](CO)CSCc1ccccc1. The molecule has 0 heterocycles. The average Bonchev–Trinajstić information content (AvgIpc) is 2.84. The van der Waals surface area contributed by atoms with Gasteiger partial charge in [0.05, 0.1) is 25.2 Å². The fourth-order valence-corrected chi connectivity index (χ4v) is 4.41. The van der Waals surface area contributed by atoms with Gasteiger partial charge < -0.3 is 20.4 Å². The number of rotatable bonds is 15. The van der Waals surface area contributed by atoms with Gasteiger partial charge in [0, 0.05) is 31.0 Å². The van der Waals surface area contributed by atoms with E-state index in [1.807, 2.05) is 60.7 Å². The topological polar surface area (TPSA) is 89.9 Å². The summed E-state index contributed by atoms with van der Waals surface area (Å²) in [5.74, 6) is 0.300. The number of thioether (sulfide) groups is 1. The van der Waals surface area contributed by atoms with Gasteiger partial charge in [-0.3, -0.25) is 9.59 Å². The Labute approximate surface area is 200 Å². The molecule has 0 bridgehead atoms. The molecule has 0 spiro atoms. The van der Waals surface area contributed by atoms with Crippen molar-refractivity contribution in [2.75, 3.05) is 25.5 Å². The first-order valence-electron chi connectivity index (χ1n) is 11.1. The second-order valence-corrected chi connectivity index (χ2v) is 8.87. The maximum Gasteiger partial charge on any atom is 0.224 e. The molecule has 7 heteroatoms. The van der Waals surface area contributed by atoms with Crippen LogP contribution in [0.25, 0.3) is 0 Å². The Morgan fingerprint density at radius 1 is 1.03 bits per heavy atom. The molecule has 3 N–H and O–H groups in total. The van der Waals surface area contributed by atoms with Gasteiger partial charge in [-0.15, -0.1) is 6.58 Å². The molecule has 0 radical (unpaired) electrons. The summed E-state index contributed by atoms with van der Waals surface area (Å²) in [6.07, 6.45) is 1.99. The summed E-state index contributed by atoms with van der Waals surface area (Å²) in [5.41, 5.74) is 2.14. The van der Waals surface area contributed by atoms with E-state index in [4.69, 9.17) is 0 Å². The summed E-state index contributed by atoms with van der Waals surface area (Å²) in [6.45, 7) is 3.97. The number of hydrogen-bond acceptors (Lipinski definition) is 5. The van der Waals surface area contributed by atoms with Crippen molar-refractivity contribution in [3.05, 3.63) is 84.4 Å². The molecule has 0 aliphatic carbocycles. The van der Waals surface area contributed by atoms with Crippen molar-refractivity contribution in [2.24, 2.45) is 5.92 Å². The third-order valence-electron chi connectivity index (χ3n) is 5.18. The molecule has 2 amide bonds. The van der Waals surface area contributed by atoms with E-state index in [0.29, 0.717) is 18.7 Å². The molecule has 0 unspecified atom stereocenters. The Morgan fingerprint density at radius 3 is 2.24 bits per heavy atom. The molecule has 0 saturated carbocycles. The van der Waals surface area contributed by atoms with Gasteiger partial charge in [-0.25, -0.2) is 0 Å². The molecule has 178 valence electrons. The molecule has 0 aliphatic heterocycles. The van der Waals surface area contributed by atoms with Crippen LogP contribution in [0.5, 0.6) is 0 Å². The first-order valence-corrected chi connectivity index (χ1v) is 12.3. The van der Waals surface area contributed by atoms with Crippen LogP contribution in [0.1, 0.15) is 24.0 Å². The summed E-state index contributed by atoms with van der Waals surface area (Å²) in [5, 5.41) is 22.0. The number of hydrogen-bond donors (Lipinski definition) is 3. The molecule has 33 heavy (non-hydrogen) atoms. The van der Waals surface area contributed by atoms with Gasteiger partial charge in [0.2, 0.25) is 11.8 Å². The molecular weight excluding hydrogens is 436 g/mol. The second kappa shape index (κ2) is 15.3. The number of allylic oxidation sites excluding steroid dienone is 1. The third kappa shape index (κ3) is 9.82. The Hall–Kier alpha value is -2.61. The van der Waals surface area contributed by atoms with E-state index < -0.39 is 12.0 Å². The van der Waals surface area contributed by atoms with Crippen LogP contribution >= 0.6 is 11.8 Å². The van der Waals surface area contributed by atoms with Gasteiger partial charge in [-0.2, -0.15) is 11.8 Å². The smallest absolute Gasteiger partial charge is 0.224 e. The molecule has 2 aromatic carbocycles. The van der Waals surface area contributed by atoms with Gasteiger partial charge in [-0.1, -0.05) is 66.7 Å². The highest BCUT2D eigenvalue weighted by Crippen LogP contribution is 2.16. The van der Waals surface area contributed by atoms with Crippen molar-refractivity contribution in [1.82, 2.24) is 10.2 Å². The fraction of sp³-hybridized carbons (Fsp3) is 0.385. The van der Waals surface area contributed by atoms with E-state index in [0.717, 1.165) is 11.3 Å². The van der Waals surface area contributed by atoms with E-state index in [-0.39, 0.29) is 38.0 Å². The highest BCUT2D eigenvalue weighted by Gasteiger charge is 2.25. The Kier molecular flexibility index (Phi) is 12.3. The first-order chi connectivity index (χ1) is 16.1. The Morgan fingerprint density at radius 2 is 1.67 bits per heavy atom. The highest BCUT2D eigenvalue weighted by atomic mass is 32.2. The zero-order valence-electron chi connectivity index (χ0n) is 18.9. The molecular formula is C26H34N2O4S. The van der Waals surface area contributed by atoms with Gasteiger partial charge in [0.1, 0.15) is 0 Å². The summed E-state index contributed by atoms with van der Waals surface area (Å²) < 4.78 is 0. The van der Waals surface area contributed by atoms with E-state index in [9.17, 15) is 19.8 Å². The minimum Gasteiger partial charge on any atom is -0.395 e. The summed E-state index contributed by atoms with van der Waals surface area (Å²) in [6, 6.07) is 19.2. The number of carbonyl (C=O) groups is 2. The standard InChI is InChI=1S/C26H34N2O4S/c1-2-9-23(16-25(31)28(14-15-29)17-21-10-5-3-6-11-21)26(32)27-24(18-30)20-33-19-22-12-7-4-8-13-22/h2-8,10-13,23-24,29-30H,1,9,14-20H2,(H,27,32)/t23-,24-/m1/s1. The lowest BCUT2D eigenvalue weighted by Crippen LogP contribution is -2.44. The lowest BCUT2D eigenvalue weighted by atomic mass is 9.98. The number of amides is 2. The molecule has 0 saturated heterocycles. The number of nitrogens with zero attached hydrogens (tertiary/aromatic N) is 1. The van der Waals surface area contributed by atoms with Crippen LogP contribution in [-0.4, -0.2) is 58.5 Å². The number of nitrogens with one attached hydrogen (secondary N) is 1. The van der Waals surface area contributed by atoms with Crippen LogP contribution < -0.4 is 5.32 Å². The number of benzene rings is 2. The van der Waals surface area contributed by atoms with E-state index >= 15 is 0 Å². The normalized spacial score (nSPS) is 12.5. The number of aliphatic hydroxyl groups excluding tert-OH is 2. The number of aliphatic hydroxyl groups is 2. The van der Waals surface area contributed by atoms with Gasteiger partial charge in [0.25, 0.3) is 0 Å². The van der Waals surface area contributed by atoms with Crippen molar-refractivity contribution in [3.8, 4) is 0 Å². The van der Waals surface area contributed by atoms with Crippen molar-refractivity contribution < 1.29 is 19.8 Å². The van der Waals surface area contributed by atoms with Crippen molar-refractivity contribution in [1.29, 1.82) is 0 Å². The van der Waals surface area contributed by atoms with Crippen LogP contribution in [0.2, 0.25) is 0 Å². The van der Waals surface area contributed by atoms with Crippen molar-refractivity contribution in [2.45, 2.75) is 31.2 Å². The third-order valence-corrected chi connectivity index (χ3v) is 6.35. The van der Waals surface area contributed by atoms with Crippen LogP contribution in [0.15, 0.2) is 73.3 Å². The van der Waals surface area contributed by atoms with Gasteiger partial charge in [0.15, 0.2) is 0 Å². The quantitative estimate of drug-likeness (QED) is 0.348. The first kappa shape index (κ1) is 26.6. The molecule has 6 nitrogen and oxygen atoms in total. The predicted molar refractivity (Wildman–Crippen MR) is 133 cm³/mol. The lowest BCUT2D eigenvalue weighted by Gasteiger charge is -2.25. The maximum absolute atomic E-state index is 13.0. The molecule has 0 fully saturated rings. The lowest BCUT2D eigenvalue weighted by molar-refractivity contribution is -0.137. The molecule has 0 aromatic heterocycles. The Balaban J connectivity index is 1.92. The van der Waals surface area contributed by atoms with Crippen LogP contribution in [0, 0.1) is 5.92 Å². The van der Waals surface area contributed by atoms with Crippen LogP contribution in [0.4, 0.5) is 0 Å². The Bertz CT molecular complexity index is 848. The summed E-state index contributed by atoms with van der Waals surface area (Å²) in [7, 11) is 0. The molecule has 2 rings (SSSR count). The largest absolute Gasteiger partial charge is 0.395 e. The zero-order chi connectivity index (χ0) is 23.9. The van der Waals surface area contributed by atoms with Gasteiger partial charge >= 0.3 is 0 Å². The second-order valence-electron chi connectivity index (χ2n) is 7.84. The van der Waals surface area contributed by atoms with Crippen molar-refractivity contribution in [3.63, 3.8) is 0 Å². The van der Waals surface area contributed by atoms with E-state index in [1.54, 1.807) is 22.7 Å². The molecule has 2 atom stereocenters. The van der Waals surface area contributed by atoms with Crippen molar-refractivity contribution >= 4 is 23.6 Å². The molecule has 0 aliphatic rings. The number of carbonyl (C=O) groups excluding carboxylic acids is 2. The minimum absolute atomic E-state index is 0.0139. The highest BCUT2D eigenvalue weighted by molar-refractivity contribution is 7.98. The summed E-state index contributed by atoms with van der Waals surface area (Å²) >= 11 is 1.63.